The summed E-state index contributed by atoms with van der Waals surface area (Å²) in [5.41, 5.74) is 16.9. The number of rotatable bonds is 13. The molecule has 0 radical (unpaired) electrons. The lowest BCUT2D eigenvalue weighted by molar-refractivity contribution is 0.385. The molecule has 0 spiro atoms. The lowest BCUT2D eigenvalue weighted by Gasteiger charge is -2.36. The Morgan fingerprint density at radius 1 is 0.362 bits per heavy atom. The van der Waals surface area contributed by atoms with Gasteiger partial charge < -0.3 is 34.7 Å². The SMILES string of the molecule is COc1c(-c2cccc([C@H](C)N(C3CCCCC3)p3oc4ccc5ccccc5c4c4c(ccc5c(-c6cccc7c6ccc6op(C(C)(C)C)oc8ccc9ccccc9c8c67)cccc54)o3)c2OC)cccc1[C@@H](C)N([C@H](C)c1ccccc1)p1oc2ccc(C)c(C)c2c2c(C)c(C)ccc2o1. The van der Waals surface area contributed by atoms with Crippen molar-refractivity contribution in [1.29, 1.82) is 0 Å². The van der Waals surface area contributed by atoms with Crippen molar-refractivity contribution in [3.8, 4) is 33.8 Å². The monoisotopic (exact) mass is 1440 g/mol. The van der Waals surface area contributed by atoms with Crippen LogP contribution in [-0.4, -0.2) is 20.3 Å². The molecule has 1 fully saturated rings. The molecule has 0 N–H and O–H groups in total. The van der Waals surface area contributed by atoms with E-state index in [0.29, 0.717) is 0 Å². The third kappa shape index (κ3) is 11.8. The molecule has 0 bridgehead atoms. The van der Waals surface area contributed by atoms with Gasteiger partial charge in [-0.3, -0.25) is 0 Å². The maximum atomic E-state index is 7.76. The van der Waals surface area contributed by atoms with Crippen LogP contribution in [0.1, 0.15) is 131 Å². The zero-order valence-corrected chi connectivity index (χ0v) is 64.4. The molecule has 5 atom stereocenters. The molecule has 1 aliphatic rings. The van der Waals surface area contributed by atoms with Gasteiger partial charge in [0.25, 0.3) is 0 Å². The van der Waals surface area contributed by atoms with E-state index in [9.17, 15) is 0 Å². The molecule has 1 aliphatic carbocycles. The van der Waals surface area contributed by atoms with Gasteiger partial charge in [0, 0.05) is 78.7 Å². The first kappa shape index (κ1) is 68.2. The van der Waals surface area contributed by atoms with Crippen molar-refractivity contribution >= 4 is 133 Å². The summed E-state index contributed by atoms with van der Waals surface area (Å²) in [7, 11) is -1.40. The Hall–Kier alpha value is -9.88. The number of hydrogen-bond acceptors (Lipinski definition) is 10. The molecule has 0 amide bonds. The van der Waals surface area contributed by atoms with E-state index in [2.05, 4.69) is 303 Å². The highest BCUT2D eigenvalue weighted by atomic mass is 31.1. The van der Waals surface area contributed by atoms with Crippen LogP contribution in [0.15, 0.2) is 250 Å². The van der Waals surface area contributed by atoms with Gasteiger partial charge in [-0.1, -0.05) is 195 Å². The maximum absolute atomic E-state index is 7.76. The maximum Gasteiger partial charge on any atom is 0.310 e. The van der Waals surface area contributed by atoms with Crippen LogP contribution in [0.5, 0.6) is 11.5 Å². The van der Waals surface area contributed by atoms with E-state index in [1.165, 1.54) is 28.7 Å². The van der Waals surface area contributed by atoms with Gasteiger partial charge in [0.15, 0.2) is 0 Å². The van der Waals surface area contributed by atoms with Gasteiger partial charge in [-0.15, -0.1) is 0 Å². The molecule has 0 aliphatic heterocycles. The molecular formula is C92H87N2O8P3. The fourth-order valence-corrected chi connectivity index (χ4v) is 21.5. The van der Waals surface area contributed by atoms with E-state index in [1.807, 2.05) is 0 Å². The lowest BCUT2D eigenvalue weighted by Crippen LogP contribution is -2.36. The first-order valence-corrected chi connectivity index (χ1v) is 40.3. The van der Waals surface area contributed by atoms with Crippen LogP contribution in [0.3, 0.4) is 0 Å². The number of benzene rings is 13. The fourth-order valence-electron chi connectivity index (χ4n) is 16.7. The third-order valence-corrected chi connectivity index (χ3v) is 27.7. The Bertz CT molecular complexity index is 6200. The molecule has 2 unspecified atom stereocenters. The normalized spacial score (nSPS) is 14.5. The first-order valence-electron chi connectivity index (χ1n) is 36.9. The van der Waals surface area contributed by atoms with E-state index in [0.717, 1.165) is 185 Å². The topological polar surface area (TPSA) is 104 Å². The Balaban J connectivity index is 0.824. The van der Waals surface area contributed by atoms with E-state index in [-0.39, 0.29) is 29.3 Å². The molecule has 3 aromatic heterocycles. The molecule has 13 heteroatoms. The van der Waals surface area contributed by atoms with E-state index >= 15 is 0 Å². The van der Waals surface area contributed by atoms with Gasteiger partial charge in [-0.05, 0) is 213 Å². The smallest absolute Gasteiger partial charge is 0.310 e. The molecular weight excluding hydrogens is 1350 g/mol. The predicted octanol–water partition coefficient (Wildman–Crippen LogP) is 28.9. The fraction of sp³-hybridized carbons (Fsp3) is 0.239. The number of aryl methyl sites for hydroxylation is 4. The van der Waals surface area contributed by atoms with Crippen molar-refractivity contribution in [1.82, 2.24) is 0 Å². The van der Waals surface area contributed by atoms with Crippen LogP contribution in [0, 0.1) is 27.7 Å². The number of fused-ring (bicyclic) bond motifs is 17. The number of methoxy groups -OCH3 is 2. The van der Waals surface area contributed by atoms with Gasteiger partial charge in [0.1, 0.15) is 45.0 Å². The standard InChI is InChI=1S/C92H87N2O8P3/c1-55-43-49-78-84(57(55)3)85-58(4)56(2)44-50-79(85)100-104(99-78)93(59(5)62-27-15-13-16-28-62)60(6)66-35-23-41-76(90(66)95-11)77-42-24-36-67(91(77)96-12)61(7)94(65-31-17-14-18-32-65)105-101-82-52-46-64-30-20-22-34-69(64)87(82)89-75-40-26-38-71(73(75)48-54-83(89)102-105)70-37-25-39-74-72(70)47-53-81-88(74)86-68-33-21-19-29-63(68)45-51-80(86)97-103(98-81)92(8,9)10/h13,15-16,19-30,33-54,59-61,65H,14,17-18,31-32H2,1-12H3/t59-,60-,61+,103?,105?/m1/s1. The quantitative estimate of drug-likeness (QED) is 0.111. The third-order valence-electron chi connectivity index (χ3n) is 22.4. The minimum Gasteiger partial charge on any atom is -0.496 e. The second kappa shape index (κ2) is 27.5. The van der Waals surface area contributed by atoms with Crippen molar-refractivity contribution in [3.63, 3.8) is 0 Å². The zero-order chi connectivity index (χ0) is 72.1. The van der Waals surface area contributed by atoms with Crippen molar-refractivity contribution < 1.29 is 34.7 Å². The summed E-state index contributed by atoms with van der Waals surface area (Å²) >= 11 is 0. The predicted molar refractivity (Wildman–Crippen MR) is 442 cm³/mol. The largest absolute Gasteiger partial charge is 0.496 e. The molecule has 10 nitrogen and oxygen atoms in total. The Morgan fingerprint density at radius 2 is 0.762 bits per heavy atom. The summed E-state index contributed by atoms with van der Waals surface area (Å²) in [5.74, 6) is 1.51. The van der Waals surface area contributed by atoms with Gasteiger partial charge in [-0.2, -0.15) is 9.34 Å². The summed E-state index contributed by atoms with van der Waals surface area (Å²) in [5, 5.41) is 15.0. The first-order chi connectivity index (χ1) is 51.1. The zero-order valence-electron chi connectivity index (χ0n) is 61.7. The van der Waals surface area contributed by atoms with Crippen molar-refractivity contribution in [2.24, 2.45) is 0 Å². The number of nitrogens with zero attached hydrogens (tertiary/aromatic N) is 2. The molecule has 13 aromatic carbocycles. The van der Waals surface area contributed by atoms with Gasteiger partial charge in [-0.25, -0.2) is 0 Å². The number of ether oxygens (including phenoxy) is 2. The molecule has 0 saturated heterocycles. The Morgan fingerprint density at radius 3 is 1.26 bits per heavy atom. The highest BCUT2D eigenvalue weighted by Crippen LogP contribution is 2.55. The molecule has 1 saturated carbocycles. The molecule has 528 valence electrons. The summed E-state index contributed by atoms with van der Waals surface area (Å²) in [4.78, 5) is 0. The van der Waals surface area contributed by atoms with Crippen LogP contribution in [0.25, 0.3) is 131 Å². The van der Waals surface area contributed by atoms with Crippen LogP contribution in [0.2, 0.25) is 0 Å². The van der Waals surface area contributed by atoms with Crippen LogP contribution in [-0.2, 0) is 5.16 Å². The number of para-hydroxylation sites is 2. The van der Waals surface area contributed by atoms with Crippen molar-refractivity contribution in [3.05, 3.63) is 263 Å². The van der Waals surface area contributed by atoms with Crippen LogP contribution >= 0.6 is 24.3 Å². The summed E-state index contributed by atoms with van der Waals surface area (Å²) in [6.07, 6.45) is 5.40. The van der Waals surface area contributed by atoms with Gasteiger partial charge in [0.05, 0.1) is 19.4 Å². The highest BCUT2D eigenvalue weighted by Gasteiger charge is 2.36. The Labute approximate surface area is 615 Å². The minimum absolute atomic E-state index is 0.140. The average Bonchev–Trinajstić information content (AvgIpc) is 1.72. The van der Waals surface area contributed by atoms with E-state index in [4.69, 9.17) is 34.7 Å². The average molecular weight is 1440 g/mol. The summed E-state index contributed by atoms with van der Waals surface area (Å²) in [6, 6.07) is 80.1. The Kier molecular flexibility index (Phi) is 17.9. The second-order valence-corrected chi connectivity index (χ2v) is 34.4. The lowest BCUT2D eigenvalue weighted by atomic mass is 9.90. The van der Waals surface area contributed by atoms with Gasteiger partial charge >= 0.3 is 16.3 Å². The molecule has 105 heavy (non-hydrogen) atoms. The van der Waals surface area contributed by atoms with Crippen LogP contribution in [0.4, 0.5) is 0 Å². The van der Waals surface area contributed by atoms with Gasteiger partial charge in [0.2, 0.25) is 8.01 Å². The van der Waals surface area contributed by atoms with E-state index < -0.39 is 24.3 Å². The summed E-state index contributed by atoms with van der Waals surface area (Å²) < 4.78 is 62.7. The number of hydrogen-bond donors (Lipinski definition) is 0. The molecule has 17 rings (SSSR count). The van der Waals surface area contributed by atoms with E-state index in [1.54, 1.807) is 14.2 Å². The molecule has 3 heterocycles. The summed E-state index contributed by atoms with van der Waals surface area (Å²) in [6.45, 7) is 22.1. The second-order valence-electron chi connectivity index (χ2n) is 29.6. The van der Waals surface area contributed by atoms with Crippen molar-refractivity contribution in [2.45, 2.75) is 131 Å². The van der Waals surface area contributed by atoms with Crippen LogP contribution < -0.4 is 18.8 Å². The van der Waals surface area contributed by atoms with Crippen molar-refractivity contribution in [2.75, 3.05) is 23.6 Å². The minimum atomic E-state index is -1.84. The molecule has 16 aromatic rings. The highest BCUT2D eigenvalue weighted by molar-refractivity contribution is 7.39.